The molecule has 2 aliphatic heterocycles. The number of imidazole rings is 1. The summed E-state index contributed by atoms with van der Waals surface area (Å²) in [6, 6.07) is 10.2. The van der Waals surface area contributed by atoms with E-state index in [1.54, 1.807) is 7.11 Å². The quantitative estimate of drug-likeness (QED) is 0.399. The van der Waals surface area contributed by atoms with E-state index in [2.05, 4.69) is 42.4 Å². The maximum atomic E-state index is 9.46. The van der Waals surface area contributed by atoms with E-state index in [-0.39, 0.29) is 6.61 Å². The predicted molar refractivity (Wildman–Crippen MR) is 151 cm³/mol. The number of fused-ring (bicyclic) bond motifs is 1. The number of hydrogen-bond donors (Lipinski definition) is 1. The Morgan fingerprint density at radius 2 is 1.84 bits per heavy atom. The molecular weight excluding hydrogens is 502 g/mol. The number of hydrogen-bond acceptors (Lipinski definition) is 8. The molecule has 198 valence electrons. The molecule has 38 heavy (non-hydrogen) atoms. The second kappa shape index (κ2) is 10.3. The fourth-order valence-electron chi connectivity index (χ4n) is 5.41. The van der Waals surface area contributed by atoms with Gasteiger partial charge in [0.05, 0.1) is 17.8 Å². The molecule has 3 aromatic heterocycles. The third kappa shape index (κ3) is 4.72. The lowest BCUT2D eigenvalue weighted by Crippen LogP contribution is -2.47. The van der Waals surface area contributed by atoms with Crippen LogP contribution in [-0.2, 0) is 0 Å². The van der Waals surface area contributed by atoms with E-state index < -0.39 is 0 Å². The van der Waals surface area contributed by atoms with Gasteiger partial charge in [0.25, 0.3) is 0 Å². The third-order valence-corrected chi connectivity index (χ3v) is 7.94. The summed E-state index contributed by atoms with van der Waals surface area (Å²) in [7, 11) is 1.62. The molecule has 1 atom stereocenters. The number of methoxy groups -OCH3 is 1. The molecule has 6 rings (SSSR count). The average molecular weight is 534 g/mol. The van der Waals surface area contributed by atoms with Crippen LogP contribution in [0.1, 0.15) is 12.0 Å². The van der Waals surface area contributed by atoms with Crippen LogP contribution < -0.4 is 19.4 Å². The Bertz CT molecular complexity index is 1450. The van der Waals surface area contributed by atoms with Crippen LogP contribution in [-0.4, -0.2) is 77.4 Å². The van der Waals surface area contributed by atoms with Crippen LogP contribution in [0, 0.1) is 12.8 Å². The highest BCUT2D eigenvalue weighted by Gasteiger charge is 2.25. The minimum absolute atomic E-state index is 0.222. The van der Waals surface area contributed by atoms with Crippen LogP contribution in [0.15, 0.2) is 48.9 Å². The number of aliphatic hydroxyl groups is 1. The normalized spacial score (nSPS) is 18.0. The van der Waals surface area contributed by atoms with Crippen molar-refractivity contribution in [1.82, 2.24) is 19.4 Å². The largest absolute Gasteiger partial charge is 0.495 e. The highest BCUT2D eigenvalue weighted by atomic mass is 35.5. The minimum atomic E-state index is 0.222. The predicted octanol–water partition coefficient (Wildman–Crippen LogP) is 3.91. The summed E-state index contributed by atoms with van der Waals surface area (Å²) in [5, 5.41) is 10.0. The van der Waals surface area contributed by atoms with Gasteiger partial charge < -0.3 is 28.9 Å². The van der Waals surface area contributed by atoms with E-state index in [0.717, 1.165) is 85.6 Å². The zero-order valence-corrected chi connectivity index (χ0v) is 22.5. The number of aromatic nitrogens is 4. The summed E-state index contributed by atoms with van der Waals surface area (Å²) in [4.78, 5) is 21.1. The van der Waals surface area contributed by atoms with Gasteiger partial charge in [-0.05, 0) is 43.2 Å². The molecule has 2 fully saturated rings. The molecule has 0 amide bonds. The number of benzene rings is 1. The molecule has 4 aromatic rings. The molecule has 5 heterocycles. The molecule has 1 aromatic carbocycles. The SMILES string of the molecule is COc1cc(C)c(-c2cn3ccc(N4CCN(c5ccnc(N6CCC(CO)C6)n5)CC4)cc3n2)cc1Cl. The lowest BCUT2D eigenvalue weighted by atomic mass is 10.1. The summed E-state index contributed by atoms with van der Waals surface area (Å²) < 4.78 is 7.40. The maximum Gasteiger partial charge on any atom is 0.227 e. The van der Waals surface area contributed by atoms with Crippen molar-refractivity contribution in [2.45, 2.75) is 13.3 Å². The Morgan fingerprint density at radius 3 is 2.61 bits per heavy atom. The Hall–Kier alpha value is -3.56. The molecule has 2 aliphatic rings. The van der Waals surface area contributed by atoms with Crippen LogP contribution in [0.2, 0.25) is 5.02 Å². The Labute approximate surface area is 227 Å². The Balaban J connectivity index is 1.15. The van der Waals surface area contributed by atoms with Gasteiger partial charge in [-0.3, -0.25) is 0 Å². The number of nitrogens with zero attached hydrogens (tertiary/aromatic N) is 7. The summed E-state index contributed by atoms with van der Waals surface area (Å²) in [6.07, 6.45) is 6.94. The van der Waals surface area contributed by atoms with Crippen LogP contribution in [0.5, 0.6) is 5.75 Å². The van der Waals surface area contributed by atoms with Crippen LogP contribution in [0.3, 0.4) is 0 Å². The summed E-state index contributed by atoms with van der Waals surface area (Å²) >= 11 is 6.40. The lowest BCUT2D eigenvalue weighted by molar-refractivity contribution is 0.238. The first-order valence-electron chi connectivity index (χ1n) is 13.0. The van der Waals surface area contributed by atoms with Crippen LogP contribution >= 0.6 is 11.6 Å². The van der Waals surface area contributed by atoms with E-state index >= 15 is 0 Å². The van der Waals surface area contributed by atoms with Crippen molar-refractivity contribution in [2.75, 3.05) is 67.7 Å². The van der Waals surface area contributed by atoms with Gasteiger partial charge in [-0.15, -0.1) is 0 Å². The fourth-order valence-corrected chi connectivity index (χ4v) is 5.65. The highest BCUT2D eigenvalue weighted by molar-refractivity contribution is 6.32. The lowest BCUT2D eigenvalue weighted by Gasteiger charge is -2.36. The molecule has 0 aliphatic carbocycles. The topological polar surface area (TPSA) is 82.3 Å². The smallest absolute Gasteiger partial charge is 0.227 e. The van der Waals surface area contributed by atoms with Gasteiger partial charge in [0.2, 0.25) is 5.95 Å². The highest BCUT2D eigenvalue weighted by Crippen LogP contribution is 2.33. The number of piperazine rings is 1. The second-order valence-electron chi connectivity index (χ2n) is 10.1. The molecule has 1 unspecified atom stereocenters. The van der Waals surface area contributed by atoms with E-state index in [4.69, 9.17) is 26.3 Å². The summed E-state index contributed by atoms with van der Waals surface area (Å²) in [5.41, 5.74) is 5.02. The zero-order valence-electron chi connectivity index (χ0n) is 21.7. The van der Waals surface area contributed by atoms with Crippen molar-refractivity contribution in [3.05, 3.63) is 59.5 Å². The number of pyridine rings is 1. The number of rotatable bonds is 6. The molecular formula is C28H32ClN7O2. The maximum absolute atomic E-state index is 9.46. The van der Waals surface area contributed by atoms with Crippen molar-refractivity contribution in [2.24, 2.45) is 5.92 Å². The first-order valence-corrected chi connectivity index (χ1v) is 13.4. The average Bonchev–Trinajstić information content (AvgIpc) is 3.61. The molecule has 0 spiro atoms. The summed E-state index contributed by atoms with van der Waals surface area (Å²) in [6.45, 7) is 7.52. The molecule has 1 N–H and O–H groups in total. The van der Waals surface area contributed by atoms with Crippen molar-refractivity contribution < 1.29 is 9.84 Å². The van der Waals surface area contributed by atoms with Crippen molar-refractivity contribution in [1.29, 1.82) is 0 Å². The van der Waals surface area contributed by atoms with E-state index in [1.165, 1.54) is 0 Å². The Kier molecular flexibility index (Phi) is 6.71. The number of halogens is 1. The van der Waals surface area contributed by atoms with Crippen molar-refractivity contribution in [3.8, 4) is 17.0 Å². The standard InChI is InChI=1S/C28H32ClN7O2/c1-19-13-25(38-2)23(29)15-22(19)24-17-35-8-5-21(14-27(35)31-24)33-9-11-34(12-10-33)26-3-6-30-28(32-26)36-7-4-20(16-36)18-37/h3,5-6,8,13-15,17,20,37H,4,7,9-12,16,18H2,1-2H3. The zero-order chi connectivity index (χ0) is 26.2. The van der Waals surface area contributed by atoms with E-state index in [1.807, 2.05) is 37.5 Å². The third-order valence-electron chi connectivity index (χ3n) is 7.64. The Morgan fingerprint density at radius 1 is 1.03 bits per heavy atom. The molecule has 0 bridgehead atoms. The monoisotopic (exact) mass is 533 g/mol. The van der Waals surface area contributed by atoms with E-state index in [9.17, 15) is 5.11 Å². The van der Waals surface area contributed by atoms with Crippen LogP contribution in [0.4, 0.5) is 17.5 Å². The number of ether oxygens (including phenoxy) is 1. The van der Waals surface area contributed by atoms with Crippen molar-refractivity contribution in [3.63, 3.8) is 0 Å². The molecule has 2 saturated heterocycles. The molecule has 10 heteroatoms. The van der Waals surface area contributed by atoms with Gasteiger partial charge in [0, 0.05) is 87.7 Å². The van der Waals surface area contributed by atoms with Gasteiger partial charge in [-0.1, -0.05) is 11.6 Å². The van der Waals surface area contributed by atoms with Crippen LogP contribution in [0.25, 0.3) is 16.9 Å². The molecule has 9 nitrogen and oxygen atoms in total. The van der Waals surface area contributed by atoms with Gasteiger partial charge >= 0.3 is 0 Å². The van der Waals surface area contributed by atoms with Crippen molar-refractivity contribution >= 4 is 34.7 Å². The van der Waals surface area contributed by atoms with Gasteiger partial charge in [-0.25, -0.2) is 9.97 Å². The fraction of sp³-hybridized carbons (Fsp3) is 0.393. The molecule has 0 saturated carbocycles. The first kappa shape index (κ1) is 24.8. The molecule has 0 radical (unpaired) electrons. The van der Waals surface area contributed by atoms with Gasteiger partial charge in [0.15, 0.2) is 0 Å². The number of aryl methyl sites for hydroxylation is 1. The van der Waals surface area contributed by atoms with E-state index in [0.29, 0.717) is 16.7 Å². The number of aliphatic hydroxyl groups excluding tert-OH is 1. The first-order chi connectivity index (χ1) is 18.5. The minimum Gasteiger partial charge on any atom is -0.495 e. The van der Waals surface area contributed by atoms with Gasteiger partial charge in [-0.2, -0.15) is 4.98 Å². The number of anilines is 3. The second-order valence-corrected chi connectivity index (χ2v) is 10.5. The summed E-state index contributed by atoms with van der Waals surface area (Å²) in [5.74, 6) is 2.70. The van der Waals surface area contributed by atoms with Gasteiger partial charge in [0.1, 0.15) is 17.2 Å².